The standard InChI is InChI=1S/C14H17N3O/c1-15-12-7-13(9-16-8-12)17-10-14(18)11-5-3-2-4-6-11/h2-9,14-15,17-18H,10H2,1H3. The van der Waals surface area contributed by atoms with E-state index in [0.29, 0.717) is 6.54 Å². The van der Waals surface area contributed by atoms with E-state index in [1.165, 1.54) is 0 Å². The van der Waals surface area contributed by atoms with Gasteiger partial charge in [-0.05, 0) is 11.6 Å². The van der Waals surface area contributed by atoms with Crippen molar-refractivity contribution in [3.63, 3.8) is 0 Å². The summed E-state index contributed by atoms with van der Waals surface area (Å²) in [6.45, 7) is 0.457. The van der Waals surface area contributed by atoms with E-state index >= 15 is 0 Å². The Hall–Kier alpha value is -2.07. The predicted molar refractivity (Wildman–Crippen MR) is 73.7 cm³/mol. The molecule has 0 radical (unpaired) electrons. The number of hydrogen-bond donors (Lipinski definition) is 3. The maximum atomic E-state index is 10.0. The van der Waals surface area contributed by atoms with Crippen molar-refractivity contribution in [1.82, 2.24) is 4.98 Å². The maximum absolute atomic E-state index is 10.0. The summed E-state index contributed by atoms with van der Waals surface area (Å²) in [6.07, 6.45) is 2.96. The summed E-state index contributed by atoms with van der Waals surface area (Å²) in [5, 5.41) is 16.2. The van der Waals surface area contributed by atoms with Gasteiger partial charge in [0.1, 0.15) is 0 Å². The molecule has 4 nitrogen and oxygen atoms in total. The molecule has 0 amide bonds. The Morgan fingerprint density at radius 3 is 2.61 bits per heavy atom. The molecule has 2 aromatic rings. The van der Waals surface area contributed by atoms with E-state index < -0.39 is 6.10 Å². The highest BCUT2D eigenvalue weighted by Gasteiger charge is 2.06. The summed E-state index contributed by atoms with van der Waals surface area (Å²) in [5.74, 6) is 0. The second kappa shape index (κ2) is 6.02. The van der Waals surface area contributed by atoms with Gasteiger partial charge in [-0.3, -0.25) is 4.98 Å². The number of aliphatic hydroxyl groups excluding tert-OH is 1. The molecule has 0 aliphatic heterocycles. The molecule has 1 heterocycles. The molecule has 3 N–H and O–H groups in total. The lowest BCUT2D eigenvalue weighted by atomic mass is 10.1. The van der Waals surface area contributed by atoms with E-state index in [0.717, 1.165) is 16.9 Å². The molecule has 1 atom stereocenters. The number of aliphatic hydroxyl groups is 1. The monoisotopic (exact) mass is 243 g/mol. The van der Waals surface area contributed by atoms with Crippen molar-refractivity contribution in [2.24, 2.45) is 0 Å². The van der Waals surface area contributed by atoms with Gasteiger partial charge >= 0.3 is 0 Å². The van der Waals surface area contributed by atoms with Crippen LogP contribution < -0.4 is 10.6 Å². The van der Waals surface area contributed by atoms with E-state index in [9.17, 15) is 5.11 Å². The van der Waals surface area contributed by atoms with Crippen molar-refractivity contribution in [3.8, 4) is 0 Å². The Morgan fingerprint density at radius 2 is 1.89 bits per heavy atom. The van der Waals surface area contributed by atoms with E-state index in [4.69, 9.17) is 0 Å². The van der Waals surface area contributed by atoms with Crippen LogP contribution in [-0.2, 0) is 0 Å². The van der Waals surface area contributed by atoms with E-state index in [-0.39, 0.29) is 0 Å². The van der Waals surface area contributed by atoms with Crippen LogP contribution in [0.25, 0.3) is 0 Å². The molecule has 4 heteroatoms. The van der Waals surface area contributed by atoms with Gasteiger partial charge < -0.3 is 15.7 Å². The van der Waals surface area contributed by atoms with Crippen LogP contribution in [0.2, 0.25) is 0 Å². The van der Waals surface area contributed by atoms with Crippen molar-refractivity contribution in [2.75, 3.05) is 24.2 Å². The molecule has 0 fully saturated rings. The fourth-order valence-electron chi connectivity index (χ4n) is 1.68. The average molecular weight is 243 g/mol. The number of nitrogens with zero attached hydrogens (tertiary/aromatic N) is 1. The summed E-state index contributed by atoms with van der Waals surface area (Å²) in [7, 11) is 1.85. The summed E-state index contributed by atoms with van der Waals surface area (Å²) in [5.41, 5.74) is 2.73. The third kappa shape index (κ3) is 3.21. The van der Waals surface area contributed by atoms with Gasteiger partial charge in [-0.1, -0.05) is 30.3 Å². The number of aromatic nitrogens is 1. The van der Waals surface area contributed by atoms with Crippen LogP contribution in [-0.4, -0.2) is 23.7 Å². The molecule has 0 bridgehead atoms. The third-order valence-electron chi connectivity index (χ3n) is 2.71. The number of pyridine rings is 1. The smallest absolute Gasteiger partial charge is 0.0962 e. The molecule has 1 unspecified atom stereocenters. The van der Waals surface area contributed by atoms with Crippen LogP contribution >= 0.6 is 0 Å². The number of anilines is 2. The summed E-state index contributed by atoms with van der Waals surface area (Å²) in [6, 6.07) is 11.5. The first-order valence-electron chi connectivity index (χ1n) is 5.89. The first-order chi connectivity index (χ1) is 8.79. The van der Waals surface area contributed by atoms with E-state index in [1.54, 1.807) is 12.4 Å². The maximum Gasteiger partial charge on any atom is 0.0962 e. The summed E-state index contributed by atoms with van der Waals surface area (Å²) >= 11 is 0. The first-order valence-corrected chi connectivity index (χ1v) is 5.89. The fourth-order valence-corrected chi connectivity index (χ4v) is 1.68. The SMILES string of the molecule is CNc1cncc(NCC(O)c2ccccc2)c1. The van der Waals surface area contributed by atoms with Crippen LogP contribution in [0.3, 0.4) is 0 Å². The molecular weight excluding hydrogens is 226 g/mol. The van der Waals surface area contributed by atoms with Crippen LogP contribution in [0.15, 0.2) is 48.8 Å². The molecule has 1 aromatic carbocycles. The minimum absolute atomic E-state index is 0.457. The number of benzene rings is 1. The van der Waals surface area contributed by atoms with Gasteiger partial charge in [0, 0.05) is 13.6 Å². The molecular formula is C14H17N3O. The number of rotatable bonds is 5. The third-order valence-corrected chi connectivity index (χ3v) is 2.71. The lowest BCUT2D eigenvalue weighted by Crippen LogP contribution is -2.12. The molecule has 0 saturated carbocycles. The van der Waals surface area contributed by atoms with Gasteiger partial charge in [0.2, 0.25) is 0 Å². The molecule has 94 valence electrons. The zero-order valence-corrected chi connectivity index (χ0v) is 10.3. The van der Waals surface area contributed by atoms with E-state index in [1.807, 2.05) is 43.4 Å². The topological polar surface area (TPSA) is 57.2 Å². The van der Waals surface area contributed by atoms with Gasteiger partial charge in [0.25, 0.3) is 0 Å². The molecule has 1 aromatic heterocycles. The van der Waals surface area contributed by atoms with Crippen LogP contribution in [0.4, 0.5) is 11.4 Å². The summed E-state index contributed by atoms with van der Waals surface area (Å²) < 4.78 is 0. The van der Waals surface area contributed by atoms with Gasteiger partial charge in [0.05, 0.1) is 29.9 Å². The van der Waals surface area contributed by atoms with Crippen molar-refractivity contribution >= 4 is 11.4 Å². The van der Waals surface area contributed by atoms with Gasteiger partial charge in [-0.2, -0.15) is 0 Å². The Balaban J connectivity index is 1.95. The molecule has 2 rings (SSSR count). The lowest BCUT2D eigenvalue weighted by molar-refractivity contribution is 0.191. The Labute approximate surface area is 107 Å². The predicted octanol–water partition coefficient (Wildman–Crippen LogP) is 2.27. The quantitative estimate of drug-likeness (QED) is 0.754. The van der Waals surface area contributed by atoms with Gasteiger partial charge in [0.15, 0.2) is 0 Å². The zero-order chi connectivity index (χ0) is 12.8. The molecule has 0 spiro atoms. The lowest BCUT2D eigenvalue weighted by Gasteiger charge is -2.13. The van der Waals surface area contributed by atoms with Crippen molar-refractivity contribution in [2.45, 2.75) is 6.10 Å². The highest BCUT2D eigenvalue weighted by atomic mass is 16.3. The minimum Gasteiger partial charge on any atom is -0.387 e. The Bertz CT molecular complexity index is 487. The van der Waals surface area contributed by atoms with Gasteiger partial charge in [-0.25, -0.2) is 0 Å². The number of nitrogens with one attached hydrogen (secondary N) is 2. The molecule has 0 aliphatic rings. The second-order valence-corrected chi connectivity index (χ2v) is 4.02. The molecule has 0 saturated heterocycles. The highest BCUT2D eigenvalue weighted by molar-refractivity contribution is 5.53. The molecule has 18 heavy (non-hydrogen) atoms. The fraction of sp³-hybridized carbons (Fsp3) is 0.214. The van der Waals surface area contributed by atoms with E-state index in [2.05, 4.69) is 15.6 Å². The van der Waals surface area contributed by atoms with Gasteiger partial charge in [-0.15, -0.1) is 0 Å². The highest BCUT2D eigenvalue weighted by Crippen LogP contribution is 2.15. The zero-order valence-electron chi connectivity index (χ0n) is 10.3. The van der Waals surface area contributed by atoms with Crippen LogP contribution in [0.1, 0.15) is 11.7 Å². The van der Waals surface area contributed by atoms with Crippen molar-refractivity contribution in [1.29, 1.82) is 0 Å². The first kappa shape index (κ1) is 12.4. The second-order valence-electron chi connectivity index (χ2n) is 4.02. The van der Waals surface area contributed by atoms with Crippen molar-refractivity contribution in [3.05, 3.63) is 54.4 Å². The number of hydrogen-bond acceptors (Lipinski definition) is 4. The Morgan fingerprint density at radius 1 is 1.17 bits per heavy atom. The molecule has 0 aliphatic carbocycles. The van der Waals surface area contributed by atoms with Crippen molar-refractivity contribution < 1.29 is 5.11 Å². The normalized spacial score (nSPS) is 11.9. The average Bonchev–Trinajstić information content (AvgIpc) is 2.46. The van der Waals surface area contributed by atoms with Crippen LogP contribution in [0.5, 0.6) is 0 Å². The largest absolute Gasteiger partial charge is 0.387 e. The minimum atomic E-state index is -0.524. The Kier molecular flexibility index (Phi) is 4.15. The summed E-state index contributed by atoms with van der Waals surface area (Å²) in [4.78, 5) is 4.10. The van der Waals surface area contributed by atoms with Crippen LogP contribution in [0, 0.1) is 0 Å².